The topological polar surface area (TPSA) is 40.5 Å². The van der Waals surface area contributed by atoms with Gasteiger partial charge in [0.15, 0.2) is 0 Å². The average Bonchev–Trinajstić information content (AvgIpc) is 3.00. The SMILES string of the molecule is CC(C)CCCC(C)C1CCC2C1(C)CCC1C3(C)CCC(O)CC3CCC12O. The van der Waals surface area contributed by atoms with Crippen molar-refractivity contribution < 1.29 is 10.2 Å². The Hall–Kier alpha value is -0.0800. The summed E-state index contributed by atoms with van der Waals surface area (Å²) < 4.78 is 0. The van der Waals surface area contributed by atoms with Crippen LogP contribution >= 0.6 is 0 Å². The molecule has 2 N–H and O–H groups in total. The van der Waals surface area contributed by atoms with Crippen molar-refractivity contribution >= 4 is 0 Å². The fraction of sp³-hybridized carbons (Fsp3) is 1.00. The Morgan fingerprint density at radius 3 is 2.24 bits per heavy atom. The molecule has 29 heavy (non-hydrogen) atoms. The highest BCUT2D eigenvalue weighted by Gasteiger charge is 2.66. The van der Waals surface area contributed by atoms with Crippen LogP contribution in [0.4, 0.5) is 0 Å². The van der Waals surface area contributed by atoms with Crippen molar-refractivity contribution in [2.75, 3.05) is 0 Å². The van der Waals surface area contributed by atoms with Gasteiger partial charge in [-0.2, -0.15) is 0 Å². The lowest BCUT2D eigenvalue weighted by Crippen LogP contribution is -2.64. The predicted octanol–water partition coefficient (Wildman–Crippen LogP) is 6.58. The lowest BCUT2D eigenvalue weighted by molar-refractivity contribution is -0.227. The first-order chi connectivity index (χ1) is 13.6. The first-order valence-corrected chi connectivity index (χ1v) is 13.0. The van der Waals surface area contributed by atoms with Gasteiger partial charge in [-0.05, 0) is 104 Å². The third-order valence-electron chi connectivity index (χ3n) is 10.9. The standard InChI is InChI=1S/C27H48O2/c1-18(2)7-6-8-19(3)22-9-10-23-26(22,5)15-13-24-25(4)14-12-21(28)17-20(25)11-16-27(23,24)29/h18-24,28-29H,6-17H2,1-5H3. The normalized spacial score (nSPS) is 50.7. The van der Waals surface area contributed by atoms with Crippen molar-refractivity contribution in [3.63, 3.8) is 0 Å². The van der Waals surface area contributed by atoms with Crippen molar-refractivity contribution in [2.45, 2.75) is 123 Å². The number of aliphatic hydroxyl groups excluding tert-OH is 1. The summed E-state index contributed by atoms with van der Waals surface area (Å²) in [6, 6.07) is 0. The van der Waals surface area contributed by atoms with Crippen LogP contribution in [-0.4, -0.2) is 21.9 Å². The van der Waals surface area contributed by atoms with Gasteiger partial charge in [-0.15, -0.1) is 0 Å². The summed E-state index contributed by atoms with van der Waals surface area (Å²) in [4.78, 5) is 0. The summed E-state index contributed by atoms with van der Waals surface area (Å²) >= 11 is 0. The van der Waals surface area contributed by atoms with Crippen molar-refractivity contribution in [2.24, 2.45) is 46.3 Å². The zero-order valence-corrected chi connectivity index (χ0v) is 19.9. The van der Waals surface area contributed by atoms with Crippen molar-refractivity contribution in [3.8, 4) is 0 Å². The molecular weight excluding hydrogens is 356 g/mol. The minimum Gasteiger partial charge on any atom is -0.393 e. The molecule has 0 aromatic heterocycles. The van der Waals surface area contributed by atoms with Gasteiger partial charge in [-0.1, -0.05) is 53.9 Å². The molecule has 4 rings (SSSR count). The first-order valence-electron chi connectivity index (χ1n) is 13.0. The van der Waals surface area contributed by atoms with Gasteiger partial charge < -0.3 is 10.2 Å². The maximum Gasteiger partial charge on any atom is 0.0714 e. The van der Waals surface area contributed by atoms with Crippen LogP contribution < -0.4 is 0 Å². The van der Waals surface area contributed by atoms with E-state index in [2.05, 4.69) is 34.6 Å². The van der Waals surface area contributed by atoms with E-state index in [1.807, 2.05) is 0 Å². The molecule has 0 aromatic carbocycles. The quantitative estimate of drug-likeness (QED) is 0.543. The molecule has 0 aliphatic heterocycles. The largest absolute Gasteiger partial charge is 0.393 e. The Labute approximate surface area is 180 Å². The van der Waals surface area contributed by atoms with Gasteiger partial charge in [0.2, 0.25) is 0 Å². The van der Waals surface area contributed by atoms with Crippen LogP contribution in [0.3, 0.4) is 0 Å². The maximum atomic E-state index is 12.3. The van der Waals surface area contributed by atoms with Crippen molar-refractivity contribution in [1.82, 2.24) is 0 Å². The average molecular weight is 405 g/mol. The molecule has 4 saturated carbocycles. The maximum absolute atomic E-state index is 12.3. The molecule has 0 spiro atoms. The molecule has 4 aliphatic rings. The summed E-state index contributed by atoms with van der Waals surface area (Å²) in [6.07, 6.45) is 14.2. The molecule has 168 valence electrons. The van der Waals surface area contributed by atoms with Crippen LogP contribution in [0, 0.1) is 46.3 Å². The zero-order chi connectivity index (χ0) is 21.0. The molecule has 4 aliphatic carbocycles. The highest BCUT2D eigenvalue weighted by atomic mass is 16.3. The van der Waals surface area contributed by atoms with Gasteiger partial charge in [-0.3, -0.25) is 0 Å². The Balaban J connectivity index is 1.52. The third-order valence-corrected chi connectivity index (χ3v) is 10.9. The van der Waals surface area contributed by atoms with E-state index in [0.29, 0.717) is 23.2 Å². The lowest BCUT2D eigenvalue weighted by atomic mass is 9.42. The Morgan fingerprint density at radius 2 is 1.52 bits per heavy atom. The van der Waals surface area contributed by atoms with Crippen LogP contribution in [0.15, 0.2) is 0 Å². The molecule has 2 nitrogen and oxygen atoms in total. The highest BCUT2D eigenvalue weighted by Crippen LogP contribution is 2.69. The molecule has 0 bridgehead atoms. The number of hydrogen-bond donors (Lipinski definition) is 2. The fourth-order valence-electron chi connectivity index (χ4n) is 9.33. The van der Waals surface area contributed by atoms with E-state index < -0.39 is 5.60 Å². The van der Waals surface area contributed by atoms with Crippen molar-refractivity contribution in [1.29, 1.82) is 0 Å². The Kier molecular flexibility index (Phi) is 5.95. The van der Waals surface area contributed by atoms with E-state index in [1.54, 1.807) is 0 Å². The lowest BCUT2D eigenvalue weighted by Gasteiger charge is -2.64. The van der Waals surface area contributed by atoms with Gasteiger partial charge in [0.1, 0.15) is 0 Å². The van der Waals surface area contributed by atoms with E-state index in [0.717, 1.165) is 49.9 Å². The number of rotatable bonds is 5. The molecule has 0 heterocycles. The van der Waals surface area contributed by atoms with E-state index in [-0.39, 0.29) is 11.5 Å². The molecule has 0 aromatic rings. The number of aliphatic hydroxyl groups is 2. The molecule has 9 atom stereocenters. The van der Waals surface area contributed by atoms with E-state index in [1.165, 1.54) is 44.9 Å². The van der Waals surface area contributed by atoms with Gasteiger partial charge in [0.25, 0.3) is 0 Å². The monoisotopic (exact) mass is 404 g/mol. The van der Waals surface area contributed by atoms with Gasteiger partial charge in [0, 0.05) is 0 Å². The second kappa shape index (κ2) is 7.80. The van der Waals surface area contributed by atoms with Crippen LogP contribution in [0.2, 0.25) is 0 Å². The minimum atomic E-state index is -0.451. The fourth-order valence-corrected chi connectivity index (χ4v) is 9.33. The van der Waals surface area contributed by atoms with E-state index in [9.17, 15) is 10.2 Å². The molecule has 0 radical (unpaired) electrons. The molecule has 0 amide bonds. The van der Waals surface area contributed by atoms with Crippen molar-refractivity contribution in [3.05, 3.63) is 0 Å². The summed E-state index contributed by atoms with van der Waals surface area (Å²) in [5.41, 5.74) is 0.126. The minimum absolute atomic E-state index is 0.101. The Bertz CT molecular complexity index is 587. The highest BCUT2D eigenvalue weighted by molar-refractivity contribution is 5.16. The molecular formula is C27H48O2. The molecule has 9 unspecified atom stereocenters. The first kappa shape index (κ1) is 22.1. The van der Waals surface area contributed by atoms with E-state index >= 15 is 0 Å². The van der Waals surface area contributed by atoms with Gasteiger partial charge in [0.05, 0.1) is 11.7 Å². The summed E-state index contributed by atoms with van der Waals surface area (Å²) in [5, 5.41) is 22.5. The zero-order valence-electron chi connectivity index (χ0n) is 19.9. The summed E-state index contributed by atoms with van der Waals surface area (Å²) in [5.74, 6) is 3.97. The van der Waals surface area contributed by atoms with Crippen LogP contribution in [0.5, 0.6) is 0 Å². The second-order valence-corrected chi connectivity index (χ2v) is 12.8. The van der Waals surface area contributed by atoms with Crippen LogP contribution in [-0.2, 0) is 0 Å². The van der Waals surface area contributed by atoms with Gasteiger partial charge in [-0.25, -0.2) is 0 Å². The number of fused-ring (bicyclic) bond motifs is 5. The van der Waals surface area contributed by atoms with Gasteiger partial charge >= 0.3 is 0 Å². The van der Waals surface area contributed by atoms with Crippen LogP contribution in [0.1, 0.15) is 112 Å². The molecule has 0 saturated heterocycles. The summed E-state index contributed by atoms with van der Waals surface area (Å²) in [6.45, 7) is 12.2. The second-order valence-electron chi connectivity index (χ2n) is 12.8. The molecule has 2 heteroatoms. The summed E-state index contributed by atoms with van der Waals surface area (Å²) in [7, 11) is 0. The molecule has 4 fully saturated rings. The number of hydrogen-bond acceptors (Lipinski definition) is 2. The smallest absolute Gasteiger partial charge is 0.0714 e. The predicted molar refractivity (Wildman–Crippen MR) is 121 cm³/mol. The van der Waals surface area contributed by atoms with E-state index in [4.69, 9.17) is 0 Å². The Morgan fingerprint density at radius 1 is 0.828 bits per heavy atom. The third kappa shape index (κ3) is 3.53. The van der Waals surface area contributed by atoms with Crippen LogP contribution in [0.25, 0.3) is 0 Å².